The number of Topliss-reactive ketones (excluding diaryl/α,β-unsaturated/α-hetero) is 1. The number of rotatable bonds is 3. The topological polar surface area (TPSA) is 17.1 Å². The van der Waals surface area contributed by atoms with Crippen molar-refractivity contribution in [2.75, 3.05) is 0 Å². The summed E-state index contributed by atoms with van der Waals surface area (Å²) in [7, 11) is 0. The highest BCUT2D eigenvalue weighted by atomic mass is 32.1. The summed E-state index contributed by atoms with van der Waals surface area (Å²) in [5, 5.41) is 8.48. The molecule has 0 bridgehead atoms. The molecule has 0 fully saturated rings. The van der Waals surface area contributed by atoms with Crippen molar-refractivity contribution < 1.29 is 4.79 Å². The fourth-order valence-corrected chi connectivity index (χ4v) is 4.53. The van der Waals surface area contributed by atoms with E-state index in [1.54, 1.807) is 22.7 Å². The smallest absolute Gasteiger partial charge is 0.164 e. The van der Waals surface area contributed by atoms with Gasteiger partial charge in [-0.05, 0) is 55.9 Å². The first-order valence-corrected chi connectivity index (χ1v) is 9.10. The molecule has 22 heavy (non-hydrogen) atoms. The Morgan fingerprint density at radius 3 is 2.32 bits per heavy atom. The molecule has 1 atom stereocenters. The maximum absolute atomic E-state index is 12.7. The van der Waals surface area contributed by atoms with Gasteiger partial charge in [-0.25, -0.2) is 0 Å². The SMILES string of the molecule is O=C1CC(c2ccsc2)C(c2ccsc2)=C1c1ccccc1. The summed E-state index contributed by atoms with van der Waals surface area (Å²) in [5.74, 6) is 0.437. The summed E-state index contributed by atoms with van der Waals surface area (Å²) in [6.07, 6.45) is 0.576. The van der Waals surface area contributed by atoms with E-state index < -0.39 is 0 Å². The molecule has 1 aromatic carbocycles. The van der Waals surface area contributed by atoms with Crippen LogP contribution in [0.4, 0.5) is 0 Å². The van der Waals surface area contributed by atoms with Crippen LogP contribution in [0.5, 0.6) is 0 Å². The Bertz CT molecular complexity index is 812. The second-order valence-corrected chi connectivity index (χ2v) is 6.96. The van der Waals surface area contributed by atoms with Crippen LogP contribution in [-0.4, -0.2) is 5.78 Å². The third-order valence-electron chi connectivity index (χ3n) is 4.13. The highest BCUT2D eigenvalue weighted by Crippen LogP contribution is 2.47. The van der Waals surface area contributed by atoms with E-state index in [1.807, 2.05) is 30.3 Å². The zero-order chi connectivity index (χ0) is 14.9. The zero-order valence-corrected chi connectivity index (χ0v) is 13.5. The van der Waals surface area contributed by atoms with E-state index in [4.69, 9.17) is 0 Å². The minimum absolute atomic E-state index is 0.184. The van der Waals surface area contributed by atoms with Crippen molar-refractivity contribution in [3.8, 4) is 0 Å². The van der Waals surface area contributed by atoms with Crippen molar-refractivity contribution in [2.24, 2.45) is 0 Å². The third-order valence-corrected chi connectivity index (χ3v) is 5.51. The Balaban J connectivity index is 1.94. The molecule has 0 N–H and O–H groups in total. The van der Waals surface area contributed by atoms with Crippen LogP contribution in [-0.2, 0) is 4.79 Å². The number of carbonyl (C=O) groups is 1. The first-order valence-electron chi connectivity index (χ1n) is 7.22. The molecule has 4 rings (SSSR count). The van der Waals surface area contributed by atoms with Crippen LogP contribution in [0.3, 0.4) is 0 Å². The van der Waals surface area contributed by atoms with Gasteiger partial charge in [-0.15, -0.1) is 0 Å². The highest BCUT2D eigenvalue weighted by molar-refractivity contribution is 7.08. The third kappa shape index (κ3) is 2.27. The van der Waals surface area contributed by atoms with Gasteiger partial charge in [0.1, 0.15) is 0 Å². The largest absolute Gasteiger partial charge is 0.294 e. The van der Waals surface area contributed by atoms with Crippen molar-refractivity contribution in [2.45, 2.75) is 12.3 Å². The number of ketones is 1. The average Bonchev–Trinajstić information content (AvgIpc) is 3.28. The van der Waals surface area contributed by atoms with Gasteiger partial charge in [-0.1, -0.05) is 30.3 Å². The Labute approximate surface area is 137 Å². The lowest BCUT2D eigenvalue weighted by atomic mass is 9.89. The van der Waals surface area contributed by atoms with E-state index >= 15 is 0 Å². The molecule has 3 aromatic rings. The fourth-order valence-electron chi connectivity index (χ4n) is 3.16. The van der Waals surface area contributed by atoms with Crippen molar-refractivity contribution >= 4 is 39.6 Å². The molecule has 0 spiro atoms. The zero-order valence-electron chi connectivity index (χ0n) is 11.9. The van der Waals surface area contributed by atoms with Crippen LogP contribution in [0, 0.1) is 0 Å². The lowest BCUT2D eigenvalue weighted by Gasteiger charge is -2.13. The Kier molecular flexibility index (Phi) is 3.53. The average molecular weight is 322 g/mol. The number of thiophene rings is 2. The second kappa shape index (κ2) is 5.67. The van der Waals surface area contributed by atoms with Crippen LogP contribution in [0.2, 0.25) is 0 Å². The monoisotopic (exact) mass is 322 g/mol. The van der Waals surface area contributed by atoms with Crippen LogP contribution in [0.1, 0.15) is 29.0 Å². The van der Waals surface area contributed by atoms with Gasteiger partial charge in [-0.2, -0.15) is 22.7 Å². The van der Waals surface area contributed by atoms with Gasteiger partial charge in [0.25, 0.3) is 0 Å². The lowest BCUT2D eigenvalue weighted by Crippen LogP contribution is -1.97. The number of hydrogen-bond donors (Lipinski definition) is 0. The molecule has 0 saturated carbocycles. The number of benzene rings is 1. The minimum atomic E-state index is 0.184. The predicted molar refractivity (Wildman–Crippen MR) is 94.3 cm³/mol. The van der Waals surface area contributed by atoms with Gasteiger partial charge >= 0.3 is 0 Å². The van der Waals surface area contributed by atoms with Gasteiger partial charge in [0.05, 0.1) is 0 Å². The molecule has 2 heterocycles. The molecular weight excluding hydrogens is 308 g/mol. The Morgan fingerprint density at radius 1 is 0.864 bits per heavy atom. The first-order chi connectivity index (χ1) is 10.8. The van der Waals surface area contributed by atoms with Crippen molar-refractivity contribution in [1.82, 2.24) is 0 Å². The van der Waals surface area contributed by atoms with Crippen molar-refractivity contribution in [3.63, 3.8) is 0 Å². The molecule has 0 amide bonds. The maximum Gasteiger partial charge on any atom is 0.164 e. The Morgan fingerprint density at radius 2 is 1.64 bits per heavy atom. The predicted octanol–water partition coefficient (Wildman–Crippen LogP) is 5.48. The lowest BCUT2D eigenvalue weighted by molar-refractivity contribution is -0.113. The molecule has 2 aromatic heterocycles. The molecule has 1 nitrogen and oxygen atoms in total. The molecule has 0 saturated heterocycles. The van der Waals surface area contributed by atoms with Crippen molar-refractivity contribution in [1.29, 1.82) is 0 Å². The van der Waals surface area contributed by atoms with Gasteiger partial charge in [0.2, 0.25) is 0 Å². The number of hydrogen-bond acceptors (Lipinski definition) is 3. The van der Waals surface area contributed by atoms with Gasteiger partial charge in [0, 0.05) is 17.9 Å². The summed E-state index contributed by atoms with van der Waals surface area (Å²) >= 11 is 3.37. The van der Waals surface area contributed by atoms with Gasteiger partial charge < -0.3 is 0 Å². The Hall–Kier alpha value is -1.97. The number of allylic oxidation sites excluding steroid dienone is 2. The quantitative estimate of drug-likeness (QED) is 0.624. The molecule has 1 unspecified atom stereocenters. The fraction of sp³-hybridized carbons (Fsp3) is 0.105. The standard InChI is InChI=1S/C19H14OS2/c20-17-10-16(14-6-8-21-11-14)18(15-7-9-22-12-15)19(17)13-4-2-1-3-5-13/h1-9,11-12,16H,10H2. The highest BCUT2D eigenvalue weighted by Gasteiger charge is 2.34. The normalized spacial score (nSPS) is 18.2. The summed E-state index contributed by atoms with van der Waals surface area (Å²) in [6.45, 7) is 0. The van der Waals surface area contributed by atoms with Crippen LogP contribution in [0.15, 0.2) is 64.0 Å². The second-order valence-electron chi connectivity index (χ2n) is 5.40. The van der Waals surface area contributed by atoms with E-state index in [0.29, 0.717) is 6.42 Å². The van der Waals surface area contributed by atoms with Crippen molar-refractivity contribution in [3.05, 3.63) is 80.7 Å². The van der Waals surface area contributed by atoms with Crippen LogP contribution >= 0.6 is 22.7 Å². The first kappa shape index (κ1) is 13.7. The number of carbonyl (C=O) groups excluding carboxylic acids is 1. The van der Waals surface area contributed by atoms with Crippen LogP contribution in [0.25, 0.3) is 11.1 Å². The molecule has 1 aliphatic rings. The van der Waals surface area contributed by atoms with E-state index in [0.717, 1.165) is 11.1 Å². The molecule has 1 aliphatic carbocycles. The molecule has 3 heteroatoms. The van der Waals surface area contributed by atoms with Gasteiger partial charge in [0.15, 0.2) is 5.78 Å². The van der Waals surface area contributed by atoms with E-state index in [1.165, 1.54) is 16.7 Å². The van der Waals surface area contributed by atoms with Gasteiger partial charge in [-0.3, -0.25) is 4.79 Å². The maximum atomic E-state index is 12.7. The van der Waals surface area contributed by atoms with E-state index in [2.05, 4.69) is 33.7 Å². The minimum Gasteiger partial charge on any atom is -0.294 e. The summed E-state index contributed by atoms with van der Waals surface area (Å²) < 4.78 is 0. The van der Waals surface area contributed by atoms with E-state index in [-0.39, 0.29) is 11.7 Å². The van der Waals surface area contributed by atoms with Crippen LogP contribution < -0.4 is 0 Å². The van der Waals surface area contributed by atoms with E-state index in [9.17, 15) is 4.79 Å². The summed E-state index contributed by atoms with van der Waals surface area (Å²) in [4.78, 5) is 12.7. The molecule has 0 radical (unpaired) electrons. The summed E-state index contributed by atoms with van der Waals surface area (Å²) in [6, 6.07) is 14.3. The summed E-state index contributed by atoms with van der Waals surface area (Å²) in [5.41, 5.74) is 5.56. The molecule has 108 valence electrons. The molecule has 0 aliphatic heterocycles. The molecular formula is C19H14OS2.